The van der Waals surface area contributed by atoms with E-state index in [0.717, 1.165) is 25.7 Å². The van der Waals surface area contributed by atoms with Gasteiger partial charge in [-0.05, 0) is 25.2 Å². The lowest BCUT2D eigenvalue weighted by atomic mass is 9.87. The van der Waals surface area contributed by atoms with E-state index < -0.39 is 24.0 Å². The van der Waals surface area contributed by atoms with Crippen LogP contribution in [0.2, 0.25) is 0 Å². The van der Waals surface area contributed by atoms with Crippen LogP contribution >= 0.6 is 0 Å². The first-order chi connectivity index (χ1) is 9.38. The molecule has 2 amide bonds. The average molecular weight is 286 g/mol. The fourth-order valence-electron chi connectivity index (χ4n) is 2.48. The van der Waals surface area contributed by atoms with Crippen molar-refractivity contribution in [3.63, 3.8) is 0 Å². The molecule has 2 unspecified atom stereocenters. The van der Waals surface area contributed by atoms with Gasteiger partial charge in [-0.2, -0.15) is 0 Å². The molecule has 1 rings (SSSR count). The number of carbonyl (C=O) groups excluding carboxylic acids is 1. The predicted molar refractivity (Wildman–Crippen MR) is 71.4 cm³/mol. The summed E-state index contributed by atoms with van der Waals surface area (Å²) in [5, 5.41) is 22.6. The summed E-state index contributed by atoms with van der Waals surface area (Å²) in [6, 6.07) is -1.65. The van der Waals surface area contributed by atoms with Gasteiger partial charge in [-0.15, -0.1) is 0 Å². The summed E-state index contributed by atoms with van der Waals surface area (Å²) in [5.74, 6) is -1.76. The van der Waals surface area contributed by atoms with Crippen LogP contribution in [-0.2, 0) is 9.59 Å². The van der Waals surface area contributed by atoms with E-state index in [2.05, 4.69) is 17.6 Å². The number of carboxylic acid groups (broad SMARTS) is 2. The van der Waals surface area contributed by atoms with Gasteiger partial charge in [0.25, 0.3) is 0 Å². The molecule has 7 heteroatoms. The number of nitrogens with one attached hydrogen (secondary N) is 2. The second-order valence-electron chi connectivity index (χ2n) is 5.41. The molecule has 0 aromatic carbocycles. The minimum atomic E-state index is -1.22. The minimum Gasteiger partial charge on any atom is -0.481 e. The number of aliphatic carboxylic acids is 2. The predicted octanol–water partition coefficient (Wildman–Crippen LogP) is 1.18. The van der Waals surface area contributed by atoms with Crippen molar-refractivity contribution in [1.82, 2.24) is 10.6 Å². The van der Waals surface area contributed by atoms with E-state index >= 15 is 0 Å². The smallest absolute Gasteiger partial charge is 0.326 e. The Morgan fingerprint density at radius 3 is 2.50 bits per heavy atom. The molecule has 0 bridgehead atoms. The SMILES string of the molecule is CC1CCCC(NC(=O)N[C@@H](CCC(=O)O)C(=O)O)C1. The first kappa shape index (κ1) is 16.3. The lowest BCUT2D eigenvalue weighted by molar-refractivity contribution is -0.140. The quantitative estimate of drug-likeness (QED) is 0.585. The Morgan fingerprint density at radius 1 is 1.25 bits per heavy atom. The molecule has 0 radical (unpaired) electrons. The minimum absolute atomic E-state index is 0.0627. The Kier molecular flexibility index (Phi) is 6.27. The molecule has 0 aromatic rings. The number of carbonyl (C=O) groups is 3. The van der Waals surface area contributed by atoms with Crippen LogP contribution in [0.15, 0.2) is 0 Å². The summed E-state index contributed by atoms with van der Waals surface area (Å²) in [4.78, 5) is 33.1. The Hall–Kier alpha value is -1.79. The van der Waals surface area contributed by atoms with Gasteiger partial charge in [-0.1, -0.05) is 19.8 Å². The number of amides is 2. The molecule has 0 aliphatic heterocycles. The highest BCUT2D eigenvalue weighted by Gasteiger charge is 2.24. The van der Waals surface area contributed by atoms with Gasteiger partial charge in [0.1, 0.15) is 6.04 Å². The zero-order chi connectivity index (χ0) is 15.1. The lowest BCUT2D eigenvalue weighted by Crippen LogP contribution is -2.50. The van der Waals surface area contributed by atoms with Crippen molar-refractivity contribution < 1.29 is 24.6 Å². The molecule has 20 heavy (non-hydrogen) atoms. The molecule has 0 spiro atoms. The van der Waals surface area contributed by atoms with Gasteiger partial charge in [-0.3, -0.25) is 4.79 Å². The van der Waals surface area contributed by atoms with Gasteiger partial charge in [0.15, 0.2) is 0 Å². The van der Waals surface area contributed by atoms with Crippen LogP contribution in [0.5, 0.6) is 0 Å². The highest BCUT2D eigenvalue weighted by atomic mass is 16.4. The third kappa shape index (κ3) is 5.90. The molecule has 1 saturated carbocycles. The van der Waals surface area contributed by atoms with E-state index in [4.69, 9.17) is 10.2 Å². The molecule has 0 heterocycles. The largest absolute Gasteiger partial charge is 0.481 e. The Labute approximate surface area is 117 Å². The van der Waals surface area contributed by atoms with Crippen molar-refractivity contribution in [1.29, 1.82) is 0 Å². The number of rotatable bonds is 6. The van der Waals surface area contributed by atoms with Gasteiger partial charge < -0.3 is 20.8 Å². The Morgan fingerprint density at radius 2 is 1.95 bits per heavy atom. The maximum atomic E-state index is 11.7. The third-order valence-corrected chi connectivity index (χ3v) is 3.52. The van der Waals surface area contributed by atoms with Gasteiger partial charge in [0.05, 0.1) is 0 Å². The zero-order valence-corrected chi connectivity index (χ0v) is 11.6. The molecule has 0 saturated heterocycles. The first-order valence-electron chi connectivity index (χ1n) is 6.90. The molecule has 7 nitrogen and oxygen atoms in total. The number of hydrogen-bond donors (Lipinski definition) is 4. The van der Waals surface area contributed by atoms with Crippen molar-refractivity contribution in [3.8, 4) is 0 Å². The normalized spacial score (nSPS) is 23.6. The van der Waals surface area contributed by atoms with E-state index in [-0.39, 0.29) is 18.9 Å². The summed E-state index contributed by atoms with van der Waals surface area (Å²) in [5.41, 5.74) is 0. The van der Waals surface area contributed by atoms with E-state index in [9.17, 15) is 14.4 Å². The molecule has 114 valence electrons. The van der Waals surface area contributed by atoms with E-state index in [1.165, 1.54) is 0 Å². The number of hydrogen-bond acceptors (Lipinski definition) is 3. The highest BCUT2D eigenvalue weighted by molar-refractivity contribution is 5.83. The van der Waals surface area contributed by atoms with Crippen molar-refractivity contribution in [2.24, 2.45) is 5.92 Å². The number of urea groups is 1. The molecule has 1 fully saturated rings. The molecular formula is C13H22N2O5. The van der Waals surface area contributed by atoms with Crippen LogP contribution in [-0.4, -0.2) is 40.3 Å². The maximum Gasteiger partial charge on any atom is 0.326 e. The Bertz CT molecular complexity index is 372. The van der Waals surface area contributed by atoms with Crippen molar-refractivity contribution in [3.05, 3.63) is 0 Å². The van der Waals surface area contributed by atoms with Gasteiger partial charge in [0, 0.05) is 12.5 Å². The summed E-state index contributed by atoms with van der Waals surface area (Å²) in [6.07, 6.45) is 3.56. The van der Waals surface area contributed by atoms with Crippen LogP contribution < -0.4 is 10.6 Å². The van der Waals surface area contributed by atoms with Crippen LogP contribution in [0.25, 0.3) is 0 Å². The molecule has 3 atom stereocenters. The third-order valence-electron chi connectivity index (χ3n) is 3.52. The summed E-state index contributed by atoms with van der Waals surface area (Å²) >= 11 is 0. The van der Waals surface area contributed by atoms with Crippen LogP contribution in [0.4, 0.5) is 4.79 Å². The standard InChI is InChI=1S/C13H22N2O5/c1-8-3-2-4-9(7-8)14-13(20)15-10(12(18)19)5-6-11(16)17/h8-10H,2-7H2,1H3,(H,16,17)(H,18,19)(H2,14,15,20)/t8?,9?,10-/m0/s1. The lowest BCUT2D eigenvalue weighted by Gasteiger charge is -2.28. The molecule has 0 aromatic heterocycles. The van der Waals surface area contributed by atoms with Gasteiger partial charge >= 0.3 is 18.0 Å². The van der Waals surface area contributed by atoms with E-state index in [1.807, 2.05) is 0 Å². The monoisotopic (exact) mass is 286 g/mol. The molecule has 4 N–H and O–H groups in total. The average Bonchev–Trinajstić information content (AvgIpc) is 2.33. The highest BCUT2D eigenvalue weighted by Crippen LogP contribution is 2.23. The first-order valence-corrected chi connectivity index (χ1v) is 6.90. The summed E-state index contributed by atoms with van der Waals surface area (Å²) in [6.45, 7) is 2.12. The van der Waals surface area contributed by atoms with Crippen molar-refractivity contribution in [2.75, 3.05) is 0 Å². The van der Waals surface area contributed by atoms with Crippen molar-refractivity contribution >= 4 is 18.0 Å². The van der Waals surface area contributed by atoms with Crippen molar-refractivity contribution in [2.45, 2.75) is 57.5 Å². The molecule has 1 aliphatic rings. The number of carboxylic acids is 2. The molecule has 1 aliphatic carbocycles. The van der Waals surface area contributed by atoms with Crippen LogP contribution in [0.3, 0.4) is 0 Å². The fourth-order valence-corrected chi connectivity index (χ4v) is 2.48. The topological polar surface area (TPSA) is 116 Å². The van der Waals surface area contributed by atoms with E-state index in [0.29, 0.717) is 5.92 Å². The van der Waals surface area contributed by atoms with E-state index in [1.54, 1.807) is 0 Å². The summed E-state index contributed by atoms with van der Waals surface area (Å²) in [7, 11) is 0. The fraction of sp³-hybridized carbons (Fsp3) is 0.769. The van der Waals surface area contributed by atoms with Gasteiger partial charge in [-0.25, -0.2) is 9.59 Å². The Balaban J connectivity index is 2.40. The second-order valence-corrected chi connectivity index (χ2v) is 5.41. The second kappa shape index (κ2) is 7.72. The summed E-state index contributed by atoms with van der Waals surface area (Å²) < 4.78 is 0. The molecular weight excluding hydrogens is 264 g/mol. The maximum absolute atomic E-state index is 11.7. The van der Waals surface area contributed by atoms with Crippen LogP contribution in [0, 0.1) is 5.92 Å². The van der Waals surface area contributed by atoms with Crippen LogP contribution in [0.1, 0.15) is 45.4 Å². The van der Waals surface area contributed by atoms with Gasteiger partial charge in [0.2, 0.25) is 0 Å². The zero-order valence-electron chi connectivity index (χ0n) is 11.6.